The zero-order chi connectivity index (χ0) is 26.8. The van der Waals surface area contributed by atoms with Crippen molar-refractivity contribution < 1.29 is 19.4 Å². The molecule has 0 amide bonds. The van der Waals surface area contributed by atoms with Crippen molar-refractivity contribution in [3.8, 4) is 11.5 Å². The lowest BCUT2D eigenvalue weighted by atomic mass is 9.33. The predicted molar refractivity (Wildman–Crippen MR) is 146 cm³/mol. The lowest BCUT2D eigenvalue weighted by Crippen LogP contribution is -2.63. The van der Waals surface area contributed by atoms with Crippen molar-refractivity contribution in [3.63, 3.8) is 0 Å². The normalized spacial score (nSPS) is 43.1. The molecule has 37 heavy (non-hydrogen) atoms. The number of hydrogen-bond donors (Lipinski definition) is 1. The van der Waals surface area contributed by atoms with Crippen LogP contribution >= 0.6 is 0 Å². The largest absolute Gasteiger partial charge is 0.481 e. The van der Waals surface area contributed by atoms with Gasteiger partial charge in [0.2, 0.25) is 5.79 Å². The highest BCUT2D eigenvalue weighted by molar-refractivity contribution is 5.74. The van der Waals surface area contributed by atoms with Crippen molar-refractivity contribution in [3.05, 3.63) is 34.4 Å². The van der Waals surface area contributed by atoms with Crippen molar-refractivity contribution in [1.29, 1.82) is 0 Å². The monoisotopic (exact) mass is 506 g/mol. The Morgan fingerprint density at radius 2 is 1.70 bits per heavy atom. The standard InChI is InChI=1S/C33H46O4/c1-9-33-17-15-31(7)22-18-23-26(37-28(3,4)36-23)20(2)21(22)10-11-24(31)32(33,8)16-14-29(5)12-13-30(6,27(34)35)19-25(29)33/h11,18,25H,9-10,12-17,19H2,1-8H3,(H,34,35)/t25-,29-,30-,31+,32-,33+/m1/s1. The van der Waals surface area contributed by atoms with E-state index in [4.69, 9.17) is 9.47 Å². The van der Waals surface area contributed by atoms with Crippen LogP contribution in [-0.4, -0.2) is 16.9 Å². The Morgan fingerprint density at radius 1 is 1.00 bits per heavy atom. The zero-order valence-corrected chi connectivity index (χ0v) is 24.3. The van der Waals surface area contributed by atoms with Crippen LogP contribution in [0.15, 0.2) is 17.7 Å². The zero-order valence-electron chi connectivity index (χ0n) is 24.3. The molecule has 202 valence electrons. The topological polar surface area (TPSA) is 55.8 Å². The summed E-state index contributed by atoms with van der Waals surface area (Å²) < 4.78 is 12.5. The second kappa shape index (κ2) is 7.36. The third-order valence-electron chi connectivity index (χ3n) is 12.5. The van der Waals surface area contributed by atoms with Crippen LogP contribution in [0.5, 0.6) is 11.5 Å². The van der Waals surface area contributed by atoms with Gasteiger partial charge in [0, 0.05) is 19.3 Å². The summed E-state index contributed by atoms with van der Waals surface area (Å²) in [4.78, 5) is 12.4. The molecule has 0 unspecified atom stereocenters. The van der Waals surface area contributed by atoms with Crippen molar-refractivity contribution in [2.24, 2.45) is 27.6 Å². The van der Waals surface area contributed by atoms with Crippen LogP contribution in [0.1, 0.15) is 117 Å². The number of allylic oxidation sites excluding steroid dienone is 2. The van der Waals surface area contributed by atoms with E-state index in [9.17, 15) is 9.90 Å². The van der Waals surface area contributed by atoms with Gasteiger partial charge in [-0.2, -0.15) is 0 Å². The minimum atomic E-state index is -0.629. The van der Waals surface area contributed by atoms with E-state index in [1.54, 1.807) is 5.57 Å². The Kier molecular flexibility index (Phi) is 5.03. The number of carbonyl (C=O) groups is 1. The summed E-state index contributed by atoms with van der Waals surface area (Å²) in [5.74, 6) is 1.01. The first-order chi connectivity index (χ1) is 17.1. The SMILES string of the molecule is CC[C@@]12CC[C@]3(C)C(=CCc4c3cc3c(c4C)OC(C)(C)O3)[C@@]1(C)CC[C@@]1(C)CC[C@@](C)(C(=O)O)C[C@H]12. The Labute approximate surface area is 223 Å². The molecule has 0 spiro atoms. The Balaban J connectivity index is 1.47. The summed E-state index contributed by atoms with van der Waals surface area (Å²) in [6.07, 6.45) is 11.9. The van der Waals surface area contributed by atoms with Crippen LogP contribution in [0.4, 0.5) is 0 Å². The molecule has 4 nitrogen and oxygen atoms in total. The first kappa shape index (κ1) is 25.3. The third-order valence-corrected chi connectivity index (χ3v) is 12.5. The average Bonchev–Trinajstić information content (AvgIpc) is 3.15. The van der Waals surface area contributed by atoms with Crippen molar-refractivity contribution in [2.45, 2.75) is 124 Å². The quantitative estimate of drug-likeness (QED) is 0.411. The molecule has 6 atom stereocenters. The summed E-state index contributed by atoms with van der Waals surface area (Å²) in [7, 11) is 0. The maximum Gasteiger partial charge on any atom is 0.309 e. The first-order valence-corrected chi connectivity index (χ1v) is 14.6. The van der Waals surface area contributed by atoms with Gasteiger partial charge in [0.1, 0.15) is 0 Å². The van der Waals surface area contributed by atoms with Gasteiger partial charge in [-0.25, -0.2) is 0 Å². The lowest BCUT2D eigenvalue weighted by Gasteiger charge is -2.70. The Hall–Kier alpha value is -1.97. The van der Waals surface area contributed by atoms with Crippen molar-refractivity contribution in [2.75, 3.05) is 0 Å². The molecule has 1 aromatic rings. The van der Waals surface area contributed by atoms with Gasteiger partial charge in [-0.3, -0.25) is 4.79 Å². The molecule has 0 saturated heterocycles. The molecule has 1 heterocycles. The van der Waals surface area contributed by atoms with E-state index in [0.717, 1.165) is 56.4 Å². The number of hydrogen-bond acceptors (Lipinski definition) is 3. The molecule has 1 aliphatic heterocycles. The highest BCUT2D eigenvalue weighted by Crippen LogP contribution is 2.75. The molecular formula is C33H46O4. The summed E-state index contributed by atoms with van der Waals surface area (Å²) in [6, 6.07) is 2.30. The van der Waals surface area contributed by atoms with Gasteiger partial charge in [-0.15, -0.1) is 0 Å². The molecule has 1 N–H and O–H groups in total. The van der Waals surface area contributed by atoms with E-state index in [-0.39, 0.29) is 21.7 Å². The molecule has 1 aromatic carbocycles. The van der Waals surface area contributed by atoms with Gasteiger partial charge in [0.15, 0.2) is 11.5 Å². The van der Waals surface area contributed by atoms with Crippen LogP contribution in [-0.2, 0) is 16.6 Å². The second-order valence-electron chi connectivity index (χ2n) is 14.7. The fourth-order valence-corrected chi connectivity index (χ4v) is 10.2. The Bertz CT molecular complexity index is 1230. The predicted octanol–water partition coefficient (Wildman–Crippen LogP) is 8.13. The van der Waals surface area contributed by atoms with Gasteiger partial charge in [-0.1, -0.05) is 39.3 Å². The van der Waals surface area contributed by atoms with Crippen LogP contribution in [0.25, 0.3) is 0 Å². The molecule has 0 aromatic heterocycles. The number of aliphatic carboxylic acids is 1. The molecule has 4 heteroatoms. The molecule has 0 radical (unpaired) electrons. The molecule has 5 aliphatic rings. The number of ether oxygens (including phenoxy) is 2. The molecular weight excluding hydrogens is 460 g/mol. The number of rotatable bonds is 2. The van der Waals surface area contributed by atoms with Crippen molar-refractivity contribution in [1.82, 2.24) is 0 Å². The first-order valence-electron chi connectivity index (χ1n) is 14.6. The highest BCUT2D eigenvalue weighted by atomic mass is 16.7. The van der Waals surface area contributed by atoms with Gasteiger partial charge in [-0.05, 0) is 117 Å². The summed E-state index contributed by atoms with van der Waals surface area (Å²) in [6.45, 7) is 18.1. The third kappa shape index (κ3) is 3.05. The fraction of sp³-hybridized carbons (Fsp3) is 0.727. The maximum absolute atomic E-state index is 12.4. The number of benzene rings is 1. The van der Waals surface area contributed by atoms with Crippen LogP contribution in [0.3, 0.4) is 0 Å². The summed E-state index contributed by atoms with van der Waals surface area (Å²) in [5.41, 5.74) is 5.48. The van der Waals surface area contributed by atoms with E-state index >= 15 is 0 Å². The van der Waals surface area contributed by atoms with Crippen LogP contribution in [0, 0.1) is 34.5 Å². The summed E-state index contributed by atoms with van der Waals surface area (Å²) in [5, 5.41) is 10.2. The summed E-state index contributed by atoms with van der Waals surface area (Å²) >= 11 is 0. The van der Waals surface area contributed by atoms with E-state index in [2.05, 4.69) is 46.8 Å². The molecule has 3 fully saturated rings. The van der Waals surface area contributed by atoms with Crippen LogP contribution in [0.2, 0.25) is 0 Å². The van der Waals surface area contributed by atoms with Crippen LogP contribution < -0.4 is 9.47 Å². The fourth-order valence-electron chi connectivity index (χ4n) is 10.2. The van der Waals surface area contributed by atoms with Gasteiger partial charge < -0.3 is 14.6 Å². The van der Waals surface area contributed by atoms with E-state index in [0.29, 0.717) is 5.92 Å². The Morgan fingerprint density at radius 3 is 2.38 bits per heavy atom. The highest BCUT2D eigenvalue weighted by Gasteiger charge is 2.68. The number of fused-ring (bicyclic) bond motifs is 8. The second-order valence-corrected chi connectivity index (χ2v) is 14.7. The van der Waals surface area contributed by atoms with E-state index in [1.165, 1.54) is 29.5 Å². The molecule has 6 rings (SSSR count). The van der Waals surface area contributed by atoms with Crippen molar-refractivity contribution >= 4 is 5.97 Å². The smallest absolute Gasteiger partial charge is 0.309 e. The average molecular weight is 507 g/mol. The van der Waals surface area contributed by atoms with Gasteiger partial charge >= 0.3 is 5.97 Å². The molecule has 3 saturated carbocycles. The lowest BCUT2D eigenvalue weighted by molar-refractivity contribution is -0.183. The number of carboxylic acid groups (broad SMARTS) is 1. The maximum atomic E-state index is 12.4. The van der Waals surface area contributed by atoms with Gasteiger partial charge in [0.05, 0.1) is 5.41 Å². The van der Waals surface area contributed by atoms with E-state index in [1.807, 2.05) is 20.8 Å². The molecule has 4 aliphatic carbocycles. The number of carboxylic acids is 1. The minimum absolute atomic E-state index is 0.0323. The minimum Gasteiger partial charge on any atom is -0.481 e. The van der Waals surface area contributed by atoms with E-state index < -0.39 is 17.2 Å². The van der Waals surface area contributed by atoms with Gasteiger partial charge in [0.25, 0.3) is 0 Å². The molecule has 0 bridgehead atoms.